The van der Waals surface area contributed by atoms with E-state index in [9.17, 15) is 9.59 Å². The first-order valence-electron chi connectivity index (χ1n) is 6.91. The lowest BCUT2D eigenvalue weighted by Gasteiger charge is -2.19. The van der Waals surface area contributed by atoms with Gasteiger partial charge in [-0.25, -0.2) is 0 Å². The molecule has 5 nitrogen and oxygen atoms in total. The summed E-state index contributed by atoms with van der Waals surface area (Å²) >= 11 is 0. The Morgan fingerprint density at radius 3 is 2.40 bits per heavy atom. The summed E-state index contributed by atoms with van der Waals surface area (Å²) in [6.07, 6.45) is 0. The van der Waals surface area contributed by atoms with E-state index in [0.29, 0.717) is 31.0 Å². The zero-order valence-corrected chi connectivity index (χ0v) is 12.3. The minimum absolute atomic E-state index is 0.000965. The van der Waals surface area contributed by atoms with Gasteiger partial charge in [0.25, 0.3) is 5.91 Å². The van der Waals surface area contributed by atoms with Crippen molar-refractivity contribution in [3.05, 3.63) is 29.8 Å². The van der Waals surface area contributed by atoms with Gasteiger partial charge in [-0.2, -0.15) is 0 Å². The van der Waals surface area contributed by atoms with Crippen LogP contribution in [0.1, 0.15) is 31.1 Å². The number of hydrogen-bond donors (Lipinski definition) is 1. The molecule has 0 aromatic heterocycles. The molecule has 0 atom stereocenters. The van der Waals surface area contributed by atoms with Gasteiger partial charge in [0.2, 0.25) is 5.91 Å². The second-order valence-electron chi connectivity index (χ2n) is 4.18. The van der Waals surface area contributed by atoms with Gasteiger partial charge in [-0.1, -0.05) is 12.1 Å². The van der Waals surface area contributed by atoms with E-state index in [0.717, 1.165) is 0 Å². The third kappa shape index (κ3) is 4.26. The number of likely N-dealkylation sites (N-methyl/N-ethyl adjacent to an activating group) is 1. The van der Waals surface area contributed by atoms with E-state index in [1.54, 1.807) is 23.1 Å². The van der Waals surface area contributed by atoms with Gasteiger partial charge < -0.3 is 15.0 Å². The number of para-hydroxylation sites is 1. The number of nitrogens with one attached hydrogen (secondary N) is 1. The molecule has 0 bridgehead atoms. The van der Waals surface area contributed by atoms with Crippen molar-refractivity contribution in [2.45, 2.75) is 20.8 Å². The summed E-state index contributed by atoms with van der Waals surface area (Å²) < 4.78 is 5.40. The number of nitrogens with zero attached hydrogens (tertiary/aromatic N) is 1. The van der Waals surface area contributed by atoms with Crippen LogP contribution in [0.2, 0.25) is 0 Å². The van der Waals surface area contributed by atoms with Crippen LogP contribution in [0.4, 0.5) is 0 Å². The fourth-order valence-electron chi connectivity index (χ4n) is 1.87. The van der Waals surface area contributed by atoms with Crippen molar-refractivity contribution in [1.82, 2.24) is 10.2 Å². The van der Waals surface area contributed by atoms with Crippen molar-refractivity contribution < 1.29 is 14.3 Å². The van der Waals surface area contributed by atoms with Gasteiger partial charge in [0.15, 0.2) is 0 Å². The van der Waals surface area contributed by atoms with Gasteiger partial charge in [0, 0.05) is 13.1 Å². The van der Waals surface area contributed by atoms with Crippen LogP contribution in [0.25, 0.3) is 0 Å². The number of benzene rings is 1. The molecule has 0 aliphatic heterocycles. The van der Waals surface area contributed by atoms with Gasteiger partial charge in [-0.3, -0.25) is 9.59 Å². The largest absolute Gasteiger partial charge is 0.493 e. The smallest absolute Gasteiger partial charge is 0.255 e. The standard InChI is InChI=1S/C15H22N2O3/c1-4-17(5-2)14(18)11-16-15(19)12-9-7-8-10-13(12)20-6-3/h7-10H,4-6,11H2,1-3H3,(H,16,19). The molecule has 1 N–H and O–H groups in total. The first-order chi connectivity index (χ1) is 9.63. The fraction of sp³-hybridized carbons (Fsp3) is 0.467. The Bertz CT molecular complexity index is 456. The van der Waals surface area contributed by atoms with Crippen molar-refractivity contribution in [3.63, 3.8) is 0 Å². The average molecular weight is 278 g/mol. The van der Waals surface area contributed by atoms with E-state index in [-0.39, 0.29) is 18.4 Å². The van der Waals surface area contributed by atoms with Crippen molar-refractivity contribution in [1.29, 1.82) is 0 Å². The van der Waals surface area contributed by atoms with Gasteiger partial charge in [-0.05, 0) is 32.9 Å². The van der Waals surface area contributed by atoms with E-state index in [1.165, 1.54) is 0 Å². The minimum atomic E-state index is -0.297. The second-order valence-corrected chi connectivity index (χ2v) is 4.18. The molecule has 0 fully saturated rings. The highest BCUT2D eigenvalue weighted by Crippen LogP contribution is 2.17. The van der Waals surface area contributed by atoms with E-state index >= 15 is 0 Å². The summed E-state index contributed by atoms with van der Waals surface area (Å²) in [6.45, 7) is 7.45. The molecule has 0 unspecified atom stereocenters. The highest BCUT2D eigenvalue weighted by Gasteiger charge is 2.14. The van der Waals surface area contributed by atoms with Crippen LogP contribution in [0.15, 0.2) is 24.3 Å². The molecule has 0 aliphatic rings. The zero-order valence-electron chi connectivity index (χ0n) is 12.3. The quantitative estimate of drug-likeness (QED) is 0.825. The molecule has 110 valence electrons. The average Bonchev–Trinajstić information content (AvgIpc) is 2.47. The van der Waals surface area contributed by atoms with E-state index < -0.39 is 0 Å². The van der Waals surface area contributed by atoms with Crippen LogP contribution >= 0.6 is 0 Å². The Balaban J connectivity index is 2.65. The maximum Gasteiger partial charge on any atom is 0.255 e. The van der Waals surface area contributed by atoms with Crippen LogP contribution in [0, 0.1) is 0 Å². The first kappa shape index (κ1) is 16.0. The summed E-state index contributed by atoms with van der Waals surface area (Å²) in [5.41, 5.74) is 0.446. The van der Waals surface area contributed by atoms with E-state index in [4.69, 9.17) is 4.74 Å². The number of amides is 2. The molecule has 2 amide bonds. The van der Waals surface area contributed by atoms with Crippen molar-refractivity contribution in [2.24, 2.45) is 0 Å². The molecule has 1 aromatic rings. The Hall–Kier alpha value is -2.04. The highest BCUT2D eigenvalue weighted by atomic mass is 16.5. The van der Waals surface area contributed by atoms with Crippen LogP contribution in [0.5, 0.6) is 5.75 Å². The lowest BCUT2D eigenvalue weighted by Crippen LogP contribution is -2.40. The number of ether oxygens (including phenoxy) is 1. The third-order valence-corrected chi connectivity index (χ3v) is 2.95. The summed E-state index contributed by atoms with van der Waals surface area (Å²) in [6, 6.07) is 7.00. The molecule has 0 spiro atoms. The minimum Gasteiger partial charge on any atom is -0.493 e. The monoisotopic (exact) mass is 278 g/mol. The summed E-state index contributed by atoms with van der Waals surface area (Å²) in [5.74, 6) is 0.148. The van der Waals surface area contributed by atoms with Crippen LogP contribution in [-0.4, -0.2) is 43.0 Å². The molecule has 1 rings (SSSR count). The molecular formula is C15H22N2O3. The lowest BCUT2D eigenvalue weighted by molar-refractivity contribution is -0.129. The molecule has 5 heteroatoms. The highest BCUT2D eigenvalue weighted by molar-refractivity contribution is 5.98. The maximum atomic E-state index is 12.1. The molecule has 0 saturated heterocycles. The molecule has 1 aromatic carbocycles. The van der Waals surface area contributed by atoms with Crippen LogP contribution in [0.3, 0.4) is 0 Å². The maximum absolute atomic E-state index is 12.1. The van der Waals surface area contributed by atoms with Crippen molar-refractivity contribution in [2.75, 3.05) is 26.2 Å². The second kappa shape index (κ2) is 8.19. The molecular weight excluding hydrogens is 256 g/mol. The van der Waals surface area contributed by atoms with E-state index in [2.05, 4.69) is 5.32 Å². The molecule has 0 aliphatic carbocycles. The first-order valence-corrected chi connectivity index (χ1v) is 6.91. The predicted molar refractivity (Wildman–Crippen MR) is 77.9 cm³/mol. The Morgan fingerprint density at radius 2 is 1.80 bits per heavy atom. The van der Waals surface area contributed by atoms with Crippen LogP contribution in [-0.2, 0) is 4.79 Å². The fourth-order valence-corrected chi connectivity index (χ4v) is 1.87. The van der Waals surface area contributed by atoms with E-state index in [1.807, 2.05) is 26.8 Å². The SMILES string of the molecule is CCOc1ccccc1C(=O)NCC(=O)N(CC)CC. The Kier molecular flexibility index (Phi) is 6.56. The summed E-state index contributed by atoms with van der Waals surface area (Å²) in [5, 5.41) is 2.64. The lowest BCUT2D eigenvalue weighted by atomic mass is 10.2. The van der Waals surface area contributed by atoms with Gasteiger partial charge >= 0.3 is 0 Å². The van der Waals surface area contributed by atoms with Gasteiger partial charge in [-0.15, -0.1) is 0 Å². The normalized spacial score (nSPS) is 9.95. The Labute approximate surface area is 119 Å². The number of rotatable bonds is 7. The van der Waals surface area contributed by atoms with Crippen molar-refractivity contribution >= 4 is 11.8 Å². The zero-order chi connectivity index (χ0) is 15.0. The number of carbonyl (C=O) groups excluding carboxylic acids is 2. The van der Waals surface area contributed by atoms with Crippen LogP contribution < -0.4 is 10.1 Å². The number of hydrogen-bond acceptors (Lipinski definition) is 3. The summed E-state index contributed by atoms with van der Waals surface area (Å²) in [4.78, 5) is 25.6. The van der Waals surface area contributed by atoms with Gasteiger partial charge in [0.05, 0.1) is 18.7 Å². The predicted octanol–water partition coefficient (Wildman–Crippen LogP) is 1.68. The number of carbonyl (C=O) groups is 2. The van der Waals surface area contributed by atoms with Gasteiger partial charge in [0.1, 0.15) is 5.75 Å². The summed E-state index contributed by atoms with van der Waals surface area (Å²) in [7, 11) is 0. The molecule has 0 heterocycles. The Morgan fingerprint density at radius 1 is 1.15 bits per heavy atom. The third-order valence-electron chi connectivity index (χ3n) is 2.95. The molecule has 0 radical (unpaired) electrons. The molecule has 0 saturated carbocycles. The van der Waals surface area contributed by atoms with Crippen molar-refractivity contribution in [3.8, 4) is 5.75 Å². The topological polar surface area (TPSA) is 58.6 Å². The molecule has 20 heavy (non-hydrogen) atoms.